The number of hydrogen-bond donors (Lipinski definition) is 3. The van der Waals surface area contributed by atoms with E-state index in [1.54, 1.807) is 30.5 Å². The second kappa shape index (κ2) is 9.03. The molecule has 0 aliphatic carbocycles. The Hall–Kier alpha value is -4.72. The predicted octanol–water partition coefficient (Wildman–Crippen LogP) is 4.20. The van der Waals surface area contributed by atoms with Crippen LogP contribution in [0.3, 0.4) is 0 Å². The predicted molar refractivity (Wildman–Crippen MR) is 128 cm³/mol. The largest absolute Gasteiger partial charge is 0.416 e. The number of aromatic amines is 1. The van der Waals surface area contributed by atoms with E-state index in [0.717, 1.165) is 27.6 Å². The van der Waals surface area contributed by atoms with Gasteiger partial charge in [0.1, 0.15) is 0 Å². The maximum atomic E-state index is 12.4. The zero-order valence-corrected chi connectivity index (χ0v) is 18.3. The van der Waals surface area contributed by atoms with Crippen LogP contribution in [0.4, 0.5) is 0 Å². The van der Waals surface area contributed by atoms with Gasteiger partial charge in [0.2, 0.25) is 17.7 Å². The lowest BCUT2D eigenvalue weighted by Crippen LogP contribution is -2.42. The highest BCUT2D eigenvalue weighted by molar-refractivity contribution is 5.96. The number of hydrazine groups is 1. The van der Waals surface area contributed by atoms with Crippen molar-refractivity contribution in [1.29, 1.82) is 0 Å². The molecule has 2 amide bonds. The second-order valence-corrected chi connectivity index (χ2v) is 7.90. The molecule has 3 N–H and O–H groups in total. The summed E-state index contributed by atoms with van der Waals surface area (Å²) in [4.78, 5) is 27.9. The molecule has 0 bridgehead atoms. The number of fused-ring (bicyclic) bond motifs is 1. The van der Waals surface area contributed by atoms with E-state index in [1.807, 2.05) is 55.5 Å². The third kappa shape index (κ3) is 4.42. The fourth-order valence-corrected chi connectivity index (χ4v) is 3.69. The van der Waals surface area contributed by atoms with Crippen LogP contribution in [0.15, 0.2) is 83.4 Å². The minimum absolute atomic E-state index is 0.143. The average molecular weight is 451 g/mol. The van der Waals surface area contributed by atoms with Gasteiger partial charge in [0, 0.05) is 33.8 Å². The molecule has 8 nitrogen and oxygen atoms in total. The number of hydrogen-bond acceptors (Lipinski definition) is 5. The number of rotatable bonds is 5. The summed E-state index contributed by atoms with van der Waals surface area (Å²) in [5.41, 5.74) is 9.74. The molecule has 8 heteroatoms. The molecule has 0 saturated heterocycles. The third-order valence-corrected chi connectivity index (χ3v) is 5.43. The molecular weight excluding hydrogens is 430 g/mol. The lowest BCUT2D eigenvalue weighted by atomic mass is 10.1. The van der Waals surface area contributed by atoms with E-state index in [-0.39, 0.29) is 12.3 Å². The molecule has 5 rings (SSSR count). The smallest absolute Gasteiger partial charge is 0.269 e. The van der Waals surface area contributed by atoms with Gasteiger partial charge in [-0.05, 0) is 55.0 Å². The number of carbonyl (C=O) groups is 2. The fourth-order valence-electron chi connectivity index (χ4n) is 3.69. The van der Waals surface area contributed by atoms with Gasteiger partial charge in [0.15, 0.2) is 0 Å². The molecule has 0 atom stereocenters. The van der Waals surface area contributed by atoms with Crippen molar-refractivity contribution >= 4 is 22.7 Å². The maximum Gasteiger partial charge on any atom is 0.269 e. The first-order valence-electron chi connectivity index (χ1n) is 10.7. The van der Waals surface area contributed by atoms with Gasteiger partial charge in [-0.3, -0.25) is 20.4 Å². The Morgan fingerprint density at radius 1 is 0.882 bits per heavy atom. The van der Waals surface area contributed by atoms with Gasteiger partial charge < -0.3 is 9.40 Å². The van der Waals surface area contributed by atoms with Gasteiger partial charge in [-0.2, -0.15) is 0 Å². The summed E-state index contributed by atoms with van der Waals surface area (Å²) in [7, 11) is 0. The number of nitrogens with zero attached hydrogens (tertiary/aromatic N) is 2. The van der Waals surface area contributed by atoms with Crippen molar-refractivity contribution in [3.8, 4) is 22.9 Å². The summed E-state index contributed by atoms with van der Waals surface area (Å²) >= 11 is 0. The van der Waals surface area contributed by atoms with Gasteiger partial charge in [-0.15, -0.1) is 10.2 Å². The van der Waals surface area contributed by atoms with Crippen molar-refractivity contribution in [3.63, 3.8) is 0 Å². The zero-order chi connectivity index (χ0) is 23.5. The molecule has 0 radical (unpaired) electrons. The van der Waals surface area contributed by atoms with Crippen LogP contribution in [0.1, 0.15) is 21.5 Å². The maximum absolute atomic E-state index is 12.4. The van der Waals surface area contributed by atoms with E-state index >= 15 is 0 Å². The number of nitrogens with one attached hydrogen (secondary N) is 3. The third-order valence-electron chi connectivity index (χ3n) is 5.43. The SMILES string of the molecule is Cc1cccc(-c2nnc(-c3ccc(C(=O)NNC(=O)Cc4c[nH]c5ccccc45)cc3)o2)c1. The molecule has 5 aromatic rings. The van der Waals surface area contributed by atoms with E-state index in [2.05, 4.69) is 26.0 Å². The van der Waals surface area contributed by atoms with Crippen molar-refractivity contribution < 1.29 is 14.0 Å². The topological polar surface area (TPSA) is 113 Å². The van der Waals surface area contributed by atoms with Crippen molar-refractivity contribution in [2.75, 3.05) is 0 Å². The van der Waals surface area contributed by atoms with E-state index in [0.29, 0.717) is 22.9 Å². The number of H-pyrrole nitrogens is 1. The van der Waals surface area contributed by atoms with Gasteiger partial charge in [-0.1, -0.05) is 35.9 Å². The summed E-state index contributed by atoms with van der Waals surface area (Å²) < 4.78 is 5.79. The van der Waals surface area contributed by atoms with Gasteiger partial charge in [0.25, 0.3) is 5.91 Å². The molecule has 0 spiro atoms. The summed E-state index contributed by atoms with van der Waals surface area (Å²) in [6.45, 7) is 2.00. The Kier molecular flexibility index (Phi) is 5.61. The molecule has 0 aliphatic heterocycles. The van der Waals surface area contributed by atoms with Crippen LogP contribution in [0, 0.1) is 6.92 Å². The van der Waals surface area contributed by atoms with Crippen molar-refractivity contribution in [3.05, 3.63) is 95.7 Å². The van der Waals surface area contributed by atoms with Crippen molar-refractivity contribution in [1.82, 2.24) is 26.0 Å². The zero-order valence-electron chi connectivity index (χ0n) is 18.3. The van der Waals surface area contributed by atoms with Crippen LogP contribution in [-0.2, 0) is 11.2 Å². The number of aryl methyl sites for hydroxylation is 1. The van der Waals surface area contributed by atoms with Crippen molar-refractivity contribution in [2.45, 2.75) is 13.3 Å². The van der Waals surface area contributed by atoms with E-state index in [4.69, 9.17) is 4.42 Å². The molecule has 168 valence electrons. The lowest BCUT2D eigenvalue weighted by Gasteiger charge is -2.07. The minimum atomic E-state index is -0.426. The van der Waals surface area contributed by atoms with Gasteiger partial charge >= 0.3 is 0 Å². The molecule has 0 saturated carbocycles. The first-order chi connectivity index (χ1) is 16.6. The normalized spacial score (nSPS) is 10.9. The Morgan fingerprint density at radius 2 is 1.65 bits per heavy atom. The van der Waals surface area contributed by atoms with E-state index in [9.17, 15) is 9.59 Å². The molecule has 2 aromatic heterocycles. The number of aromatic nitrogens is 3. The highest BCUT2D eigenvalue weighted by Crippen LogP contribution is 2.24. The standard InChI is InChI=1S/C26H21N5O3/c1-16-5-4-6-19(13-16)26-31-30-25(34-26)18-11-9-17(10-12-18)24(33)29-28-23(32)14-20-15-27-22-8-3-2-7-21(20)22/h2-13,15,27H,14H2,1H3,(H,28,32)(H,29,33). The first-order valence-corrected chi connectivity index (χ1v) is 10.7. The highest BCUT2D eigenvalue weighted by atomic mass is 16.4. The molecule has 0 fully saturated rings. The lowest BCUT2D eigenvalue weighted by molar-refractivity contribution is -0.121. The van der Waals surface area contributed by atoms with Crippen molar-refractivity contribution in [2.24, 2.45) is 0 Å². The molecule has 2 heterocycles. The molecule has 3 aromatic carbocycles. The first kappa shape index (κ1) is 21.1. The van der Waals surface area contributed by atoms with Crippen LogP contribution in [-0.4, -0.2) is 27.0 Å². The minimum Gasteiger partial charge on any atom is -0.416 e. The van der Waals surface area contributed by atoms with Crippen LogP contribution in [0.5, 0.6) is 0 Å². The molecular formula is C26H21N5O3. The average Bonchev–Trinajstić information content (AvgIpc) is 3.51. The Morgan fingerprint density at radius 3 is 2.44 bits per heavy atom. The number of amides is 2. The van der Waals surface area contributed by atoms with E-state index in [1.165, 1.54) is 0 Å². The fraction of sp³-hybridized carbons (Fsp3) is 0.0769. The molecule has 0 aliphatic rings. The number of benzene rings is 3. The van der Waals surface area contributed by atoms with Crippen LogP contribution >= 0.6 is 0 Å². The summed E-state index contributed by atoms with van der Waals surface area (Å²) in [6, 6.07) is 22.2. The highest BCUT2D eigenvalue weighted by Gasteiger charge is 2.13. The van der Waals surface area contributed by atoms with Gasteiger partial charge in [-0.25, -0.2) is 0 Å². The Labute approximate surface area is 195 Å². The summed E-state index contributed by atoms with van der Waals surface area (Å²) in [6.07, 6.45) is 1.94. The number of carbonyl (C=O) groups excluding carboxylic acids is 2. The van der Waals surface area contributed by atoms with Crippen LogP contribution < -0.4 is 10.9 Å². The van der Waals surface area contributed by atoms with Crippen LogP contribution in [0.25, 0.3) is 33.8 Å². The van der Waals surface area contributed by atoms with Crippen LogP contribution in [0.2, 0.25) is 0 Å². The quantitative estimate of drug-likeness (QED) is 0.347. The Bertz CT molecular complexity index is 1480. The van der Waals surface area contributed by atoms with E-state index < -0.39 is 5.91 Å². The number of para-hydroxylation sites is 1. The Balaban J connectivity index is 1.20. The monoisotopic (exact) mass is 451 g/mol. The molecule has 34 heavy (non-hydrogen) atoms. The second-order valence-electron chi connectivity index (χ2n) is 7.90. The van der Waals surface area contributed by atoms with Gasteiger partial charge in [0.05, 0.1) is 6.42 Å². The summed E-state index contributed by atoms with van der Waals surface area (Å²) in [5.74, 6) is 0.0444. The molecule has 0 unspecified atom stereocenters. The summed E-state index contributed by atoms with van der Waals surface area (Å²) in [5, 5.41) is 9.20.